The van der Waals surface area contributed by atoms with Crippen LogP contribution >= 0.6 is 0 Å². The highest BCUT2D eigenvalue weighted by Gasteiger charge is 2.20. The van der Waals surface area contributed by atoms with Gasteiger partial charge in [0.1, 0.15) is 0 Å². The molecule has 4 N–H and O–H groups in total. The van der Waals surface area contributed by atoms with Crippen molar-refractivity contribution in [2.24, 2.45) is 11.5 Å². The first kappa shape index (κ1) is 16.7. The van der Waals surface area contributed by atoms with Crippen molar-refractivity contribution < 1.29 is 9.59 Å². The lowest BCUT2D eigenvalue weighted by Crippen LogP contribution is -2.42. The largest absolute Gasteiger partial charge is 0.368 e. The summed E-state index contributed by atoms with van der Waals surface area (Å²) in [6.45, 7) is 5.72. The smallest absolute Gasteiger partial charge is 0.254 e. The van der Waals surface area contributed by atoms with Gasteiger partial charge in [0, 0.05) is 17.2 Å². The van der Waals surface area contributed by atoms with Gasteiger partial charge in [0.15, 0.2) is 0 Å². The minimum atomic E-state index is -0.534. The molecule has 5 heteroatoms. The molecule has 0 heterocycles. The van der Waals surface area contributed by atoms with Crippen molar-refractivity contribution in [3.8, 4) is 11.8 Å². The number of carbonyl (C=O) groups excluding carboxylic acids is 2. The second kappa shape index (κ2) is 7.46. The molecule has 0 spiro atoms. The molecular weight excluding hydrogens is 266 g/mol. The first-order chi connectivity index (χ1) is 9.85. The molecule has 0 aliphatic rings. The van der Waals surface area contributed by atoms with Crippen molar-refractivity contribution >= 4 is 11.8 Å². The van der Waals surface area contributed by atoms with Crippen molar-refractivity contribution in [2.75, 3.05) is 13.1 Å². The van der Waals surface area contributed by atoms with Gasteiger partial charge >= 0.3 is 0 Å². The fourth-order valence-corrected chi connectivity index (χ4v) is 1.95. The second-order valence-corrected chi connectivity index (χ2v) is 5.09. The number of carbonyl (C=O) groups is 2. The van der Waals surface area contributed by atoms with Gasteiger partial charge in [-0.05, 0) is 44.5 Å². The first-order valence-corrected chi connectivity index (χ1v) is 6.75. The number of rotatable bonds is 4. The normalized spacial score (nSPS) is 9.95. The number of amides is 2. The molecule has 0 atom stereocenters. The van der Waals surface area contributed by atoms with Gasteiger partial charge in [0.05, 0.1) is 13.1 Å². The summed E-state index contributed by atoms with van der Waals surface area (Å²) in [6.07, 6.45) is 0. The van der Waals surface area contributed by atoms with E-state index in [1.165, 1.54) is 4.90 Å². The zero-order chi connectivity index (χ0) is 16.0. The molecule has 1 aromatic rings. The lowest BCUT2D eigenvalue weighted by atomic mass is 10.0. The van der Waals surface area contributed by atoms with Crippen LogP contribution in [0.1, 0.15) is 35.3 Å². The van der Waals surface area contributed by atoms with E-state index in [4.69, 9.17) is 11.5 Å². The average molecular weight is 287 g/mol. The zero-order valence-electron chi connectivity index (χ0n) is 12.6. The molecule has 0 unspecified atom stereocenters. The summed E-state index contributed by atoms with van der Waals surface area (Å²) in [5.74, 6) is 4.91. The quantitative estimate of drug-likeness (QED) is 0.796. The molecule has 0 fully saturated rings. The molecule has 21 heavy (non-hydrogen) atoms. The van der Waals surface area contributed by atoms with Crippen LogP contribution < -0.4 is 11.5 Å². The van der Waals surface area contributed by atoms with Crippen molar-refractivity contribution in [1.82, 2.24) is 4.90 Å². The Bertz CT molecular complexity index is 597. The van der Waals surface area contributed by atoms with E-state index in [-0.39, 0.29) is 25.0 Å². The van der Waals surface area contributed by atoms with Gasteiger partial charge in [0.2, 0.25) is 5.91 Å². The molecule has 0 aliphatic heterocycles. The van der Waals surface area contributed by atoms with Crippen LogP contribution in [-0.2, 0) is 4.79 Å². The Hall–Kier alpha value is -2.32. The average Bonchev–Trinajstić information content (AvgIpc) is 2.40. The lowest BCUT2D eigenvalue weighted by Gasteiger charge is -2.25. The van der Waals surface area contributed by atoms with E-state index in [2.05, 4.69) is 11.8 Å². The van der Waals surface area contributed by atoms with Gasteiger partial charge in [-0.25, -0.2) is 0 Å². The lowest BCUT2D eigenvalue weighted by molar-refractivity contribution is -0.119. The van der Waals surface area contributed by atoms with E-state index in [0.717, 1.165) is 11.1 Å². The van der Waals surface area contributed by atoms with Gasteiger partial charge in [-0.3, -0.25) is 9.59 Å². The maximum absolute atomic E-state index is 12.5. The summed E-state index contributed by atoms with van der Waals surface area (Å²) < 4.78 is 0. The van der Waals surface area contributed by atoms with Crippen LogP contribution in [0.2, 0.25) is 0 Å². The van der Waals surface area contributed by atoms with E-state index < -0.39 is 5.91 Å². The molecule has 1 rings (SSSR count). The third-order valence-corrected chi connectivity index (χ3v) is 2.87. The van der Waals surface area contributed by atoms with Crippen LogP contribution in [-0.4, -0.2) is 35.8 Å². The predicted molar refractivity (Wildman–Crippen MR) is 82.5 cm³/mol. The van der Waals surface area contributed by atoms with Gasteiger partial charge < -0.3 is 16.4 Å². The Morgan fingerprint density at radius 1 is 1.29 bits per heavy atom. The summed E-state index contributed by atoms with van der Waals surface area (Å²) >= 11 is 0. The summed E-state index contributed by atoms with van der Waals surface area (Å²) in [6, 6.07) is 5.23. The van der Waals surface area contributed by atoms with Gasteiger partial charge in [0.25, 0.3) is 5.91 Å². The number of nitrogens with two attached hydrogens (primary N) is 2. The van der Waals surface area contributed by atoms with Crippen LogP contribution in [0.4, 0.5) is 0 Å². The number of primary amides is 1. The van der Waals surface area contributed by atoms with Crippen molar-refractivity contribution in [3.05, 3.63) is 34.9 Å². The predicted octanol–water partition coefficient (Wildman–Crippen LogP) is 0.641. The topological polar surface area (TPSA) is 89.4 Å². The molecule has 0 radical (unpaired) electrons. The Morgan fingerprint density at radius 2 is 1.95 bits per heavy atom. The van der Waals surface area contributed by atoms with Crippen LogP contribution in [0.5, 0.6) is 0 Å². The number of hydrogen-bond acceptors (Lipinski definition) is 3. The summed E-state index contributed by atoms with van der Waals surface area (Å²) in [4.78, 5) is 25.1. The van der Waals surface area contributed by atoms with E-state index >= 15 is 0 Å². The van der Waals surface area contributed by atoms with Crippen LogP contribution in [0.25, 0.3) is 0 Å². The zero-order valence-corrected chi connectivity index (χ0v) is 12.6. The van der Waals surface area contributed by atoms with Crippen LogP contribution in [0.3, 0.4) is 0 Å². The Balaban J connectivity index is 3.15. The maximum Gasteiger partial charge on any atom is 0.254 e. The van der Waals surface area contributed by atoms with Crippen LogP contribution in [0, 0.1) is 18.8 Å². The van der Waals surface area contributed by atoms with E-state index in [1.54, 1.807) is 12.1 Å². The van der Waals surface area contributed by atoms with E-state index in [1.807, 2.05) is 26.8 Å². The number of nitrogens with zero attached hydrogens (tertiary/aromatic N) is 1. The monoisotopic (exact) mass is 287 g/mol. The minimum absolute atomic E-state index is 0.103. The Kier molecular flexibility index (Phi) is 5.94. The third kappa shape index (κ3) is 4.93. The molecule has 0 aromatic heterocycles. The van der Waals surface area contributed by atoms with Crippen molar-refractivity contribution in [2.45, 2.75) is 26.8 Å². The summed E-state index contributed by atoms with van der Waals surface area (Å²) in [5, 5.41) is 0. The van der Waals surface area contributed by atoms with Crippen molar-refractivity contribution in [1.29, 1.82) is 0 Å². The SMILES string of the molecule is Cc1cc(C#CCN)cc(C(=O)N(CC(N)=O)C(C)C)c1. The molecule has 0 saturated heterocycles. The number of benzene rings is 1. The fourth-order valence-electron chi connectivity index (χ4n) is 1.95. The molecule has 0 aliphatic carbocycles. The van der Waals surface area contributed by atoms with Gasteiger partial charge in [-0.1, -0.05) is 11.8 Å². The molecular formula is C16H21N3O2. The maximum atomic E-state index is 12.5. The molecule has 0 bridgehead atoms. The summed E-state index contributed by atoms with van der Waals surface area (Å²) in [5.41, 5.74) is 12.7. The Morgan fingerprint density at radius 3 is 2.48 bits per heavy atom. The molecule has 1 aromatic carbocycles. The van der Waals surface area contributed by atoms with Crippen LogP contribution in [0.15, 0.2) is 18.2 Å². The fraction of sp³-hybridized carbons (Fsp3) is 0.375. The van der Waals surface area contributed by atoms with E-state index in [0.29, 0.717) is 5.56 Å². The second-order valence-electron chi connectivity index (χ2n) is 5.09. The summed E-state index contributed by atoms with van der Waals surface area (Å²) in [7, 11) is 0. The van der Waals surface area contributed by atoms with Crippen molar-refractivity contribution in [3.63, 3.8) is 0 Å². The molecule has 0 saturated carbocycles. The molecule has 5 nitrogen and oxygen atoms in total. The first-order valence-electron chi connectivity index (χ1n) is 6.75. The third-order valence-electron chi connectivity index (χ3n) is 2.87. The Labute approximate surface area is 125 Å². The van der Waals surface area contributed by atoms with E-state index in [9.17, 15) is 9.59 Å². The highest BCUT2D eigenvalue weighted by molar-refractivity contribution is 5.97. The number of hydrogen-bond donors (Lipinski definition) is 2. The molecule has 112 valence electrons. The minimum Gasteiger partial charge on any atom is -0.368 e. The number of aryl methyl sites for hydroxylation is 1. The highest BCUT2D eigenvalue weighted by atomic mass is 16.2. The molecule has 2 amide bonds. The highest BCUT2D eigenvalue weighted by Crippen LogP contribution is 2.13. The van der Waals surface area contributed by atoms with Gasteiger partial charge in [-0.15, -0.1) is 0 Å². The standard InChI is InChI=1S/C16H21N3O2/c1-11(2)19(10-15(18)20)16(21)14-8-12(3)7-13(9-14)5-4-6-17/h7-9,11H,6,10,17H2,1-3H3,(H2,18,20). The van der Waals surface area contributed by atoms with Gasteiger partial charge in [-0.2, -0.15) is 0 Å².